The molecule has 0 radical (unpaired) electrons. The van der Waals surface area contributed by atoms with Gasteiger partial charge in [0.05, 0.1) is 0 Å². The molecule has 19 heavy (non-hydrogen) atoms. The van der Waals surface area contributed by atoms with Gasteiger partial charge in [-0.1, -0.05) is 18.2 Å². The highest BCUT2D eigenvalue weighted by atomic mass is 16.4. The Morgan fingerprint density at radius 1 is 1.26 bits per heavy atom. The predicted octanol–water partition coefficient (Wildman–Crippen LogP) is 2.16. The number of aromatic nitrogens is 1. The van der Waals surface area contributed by atoms with E-state index in [1.165, 1.54) is 0 Å². The Bertz CT molecular complexity index is 644. The molecule has 1 aromatic heterocycles. The van der Waals surface area contributed by atoms with Crippen molar-refractivity contribution in [2.75, 3.05) is 0 Å². The van der Waals surface area contributed by atoms with Gasteiger partial charge >= 0.3 is 5.97 Å². The standard InChI is InChI=1S/C15H15NO3/c1-11-9-14(17)12(7-8-15(18)19)10-16(11)13-5-3-2-4-6-13/h2-6,9-10H,7-8H2,1H3,(H,18,19). The third kappa shape index (κ3) is 3.10. The molecule has 4 heteroatoms. The molecule has 98 valence electrons. The maximum Gasteiger partial charge on any atom is 0.303 e. The first kappa shape index (κ1) is 13.1. The zero-order valence-electron chi connectivity index (χ0n) is 10.7. The highest BCUT2D eigenvalue weighted by Crippen LogP contribution is 2.11. The van der Waals surface area contributed by atoms with Crippen molar-refractivity contribution in [3.8, 4) is 5.69 Å². The van der Waals surface area contributed by atoms with Crippen LogP contribution in [0.3, 0.4) is 0 Å². The fourth-order valence-corrected chi connectivity index (χ4v) is 1.97. The number of carboxylic acid groups (broad SMARTS) is 1. The smallest absolute Gasteiger partial charge is 0.303 e. The highest BCUT2D eigenvalue weighted by Gasteiger charge is 2.07. The fraction of sp³-hybridized carbons (Fsp3) is 0.200. The topological polar surface area (TPSA) is 59.3 Å². The minimum atomic E-state index is -0.897. The minimum absolute atomic E-state index is 0.0346. The van der Waals surface area contributed by atoms with Crippen molar-refractivity contribution < 1.29 is 9.90 Å². The fourth-order valence-electron chi connectivity index (χ4n) is 1.97. The maximum absolute atomic E-state index is 11.8. The highest BCUT2D eigenvalue weighted by molar-refractivity contribution is 5.67. The van der Waals surface area contributed by atoms with Gasteiger partial charge in [-0.2, -0.15) is 0 Å². The zero-order chi connectivity index (χ0) is 13.8. The van der Waals surface area contributed by atoms with Crippen LogP contribution < -0.4 is 5.43 Å². The largest absolute Gasteiger partial charge is 0.481 e. The third-order valence-electron chi connectivity index (χ3n) is 2.96. The molecule has 0 unspecified atom stereocenters. The second-order valence-corrected chi connectivity index (χ2v) is 4.40. The summed E-state index contributed by atoms with van der Waals surface area (Å²) in [7, 11) is 0. The molecule has 1 heterocycles. The van der Waals surface area contributed by atoms with Gasteiger partial charge in [-0.3, -0.25) is 9.59 Å². The first-order valence-electron chi connectivity index (χ1n) is 6.07. The molecule has 0 bridgehead atoms. The van der Waals surface area contributed by atoms with E-state index in [-0.39, 0.29) is 18.3 Å². The number of hydrogen-bond donors (Lipinski definition) is 1. The predicted molar refractivity (Wildman–Crippen MR) is 72.7 cm³/mol. The summed E-state index contributed by atoms with van der Waals surface area (Å²) in [6.45, 7) is 1.86. The molecule has 0 saturated carbocycles. The number of benzene rings is 1. The summed E-state index contributed by atoms with van der Waals surface area (Å²) in [5.74, 6) is -0.897. The molecule has 1 N–H and O–H groups in total. The van der Waals surface area contributed by atoms with Gasteiger partial charge in [-0.05, 0) is 25.5 Å². The average Bonchev–Trinajstić information content (AvgIpc) is 2.38. The zero-order valence-corrected chi connectivity index (χ0v) is 10.7. The van der Waals surface area contributed by atoms with E-state index in [0.717, 1.165) is 11.4 Å². The van der Waals surface area contributed by atoms with Crippen LogP contribution in [0, 0.1) is 6.92 Å². The van der Waals surface area contributed by atoms with Crippen LogP contribution in [0.4, 0.5) is 0 Å². The van der Waals surface area contributed by atoms with E-state index in [2.05, 4.69) is 0 Å². The van der Waals surface area contributed by atoms with Crippen molar-refractivity contribution in [3.05, 3.63) is 64.1 Å². The van der Waals surface area contributed by atoms with Gasteiger partial charge in [0.1, 0.15) is 0 Å². The Kier molecular flexibility index (Phi) is 3.80. The summed E-state index contributed by atoms with van der Waals surface area (Å²) < 4.78 is 1.90. The van der Waals surface area contributed by atoms with E-state index >= 15 is 0 Å². The number of hydrogen-bond acceptors (Lipinski definition) is 2. The lowest BCUT2D eigenvalue weighted by Crippen LogP contribution is -2.15. The van der Waals surface area contributed by atoms with E-state index < -0.39 is 5.97 Å². The second kappa shape index (κ2) is 5.52. The molecule has 0 amide bonds. The van der Waals surface area contributed by atoms with E-state index in [1.807, 2.05) is 41.8 Å². The van der Waals surface area contributed by atoms with E-state index in [9.17, 15) is 9.59 Å². The molecule has 0 aliphatic rings. The first-order valence-corrected chi connectivity index (χ1v) is 6.07. The number of carboxylic acids is 1. The van der Waals surface area contributed by atoms with Gasteiger partial charge in [0.2, 0.25) is 0 Å². The summed E-state index contributed by atoms with van der Waals surface area (Å²) >= 11 is 0. The van der Waals surface area contributed by atoms with Crippen molar-refractivity contribution in [2.24, 2.45) is 0 Å². The number of carbonyl (C=O) groups is 1. The van der Waals surface area contributed by atoms with Gasteiger partial charge < -0.3 is 9.67 Å². The Morgan fingerprint density at radius 2 is 1.95 bits per heavy atom. The summed E-state index contributed by atoms with van der Waals surface area (Å²) in [6.07, 6.45) is 1.95. The van der Waals surface area contributed by atoms with E-state index in [0.29, 0.717) is 5.56 Å². The van der Waals surface area contributed by atoms with Crippen LogP contribution in [-0.4, -0.2) is 15.6 Å². The molecule has 0 aliphatic heterocycles. The molecule has 0 aliphatic carbocycles. The second-order valence-electron chi connectivity index (χ2n) is 4.40. The quantitative estimate of drug-likeness (QED) is 0.913. The van der Waals surface area contributed by atoms with Crippen LogP contribution in [0.15, 0.2) is 47.4 Å². The van der Waals surface area contributed by atoms with Crippen LogP contribution in [0.2, 0.25) is 0 Å². The van der Waals surface area contributed by atoms with Gasteiger partial charge in [-0.15, -0.1) is 0 Å². The van der Waals surface area contributed by atoms with Crippen LogP contribution in [0.25, 0.3) is 5.69 Å². The Labute approximate surface area is 110 Å². The van der Waals surface area contributed by atoms with E-state index in [4.69, 9.17) is 5.11 Å². The number of aliphatic carboxylic acids is 1. The normalized spacial score (nSPS) is 10.4. The number of nitrogens with zero attached hydrogens (tertiary/aromatic N) is 1. The number of rotatable bonds is 4. The maximum atomic E-state index is 11.8. The van der Waals surface area contributed by atoms with Crippen LogP contribution in [0.5, 0.6) is 0 Å². The van der Waals surface area contributed by atoms with Crippen molar-refractivity contribution in [1.29, 1.82) is 0 Å². The molecule has 2 aromatic rings. The van der Waals surface area contributed by atoms with Crippen molar-refractivity contribution >= 4 is 5.97 Å². The lowest BCUT2D eigenvalue weighted by molar-refractivity contribution is -0.136. The lowest BCUT2D eigenvalue weighted by atomic mass is 10.1. The van der Waals surface area contributed by atoms with Crippen LogP contribution in [0.1, 0.15) is 17.7 Å². The minimum Gasteiger partial charge on any atom is -0.481 e. The molecule has 0 saturated heterocycles. The van der Waals surface area contributed by atoms with Gasteiger partial charge in [0.25, 0.3) is 0 Å². The van der Waals surface area contributed by atoms with Crippen molar-refractivity contribution in [2.45, 2.75) is 19.8 Å². The number of para-hydroxylation sites is 1. The SMILES string of the molecule is Cc1cc(=O)c(CCC(=O)O)cn1-c1ccccc1. The van der Waals surface area contributed by atoms with E-state index in [1.54, 1.807) is 12.3 Å². The summed E-state index contributed by atoms with van der Waals surface area (Å²) in [5.41, 5.74) is 2.20. The Balaban J connectivity index is 2.42. The van der Waals surface area contributed by atoms with Crippen LogP contribution >= 0.6 is 0 Å². The summed E-state index contributed by atoms with van der Waals surface area (Å²) in [5, 5.41) is 8.70. The molecule has 0 atom stereocenters. The average molecular weight is 257 g/mol. The molecule has 4 nitrogen and oxygen atoms in total. The third-order valence-corrected chi connectivity index (χ3v) is 2.96. The summed E-state index contributed by atoms with van der Waals surface area (Å²) in [6, 6.07) is 11.2. The first-order chi connectivity index (χ1) is 9.08. The molecule has 1 aromatic carbocycles. The van der Waals surface area contributed by atoms with Crippen molar-refractivity contribution in [3.63, 3.8) is 0 Å². The molecule has 2 rings (SSSR count). The van der Waals surface area contributed by atoms with Gasteiger partial charge in [0, 0.05) is 35.6 Å². The number of pyridine rings is 1. The molecular weight excluding hydrogens is 242 g/mol. The number of aryl methyl sites for hydroxylation is 2. The lowest BCUT2D eigenvalue weighted by Gasteiger charge is -2.12. The van der Waals surface area contributed by atoms with Gasteiger partial charge in [0.15, 0.2) is 5.43 Å². The van der Waals surface area contributed by atoms with Gasteiger partial charge in [-0.25, -0.2) is 0 Å². The monoisotopic (exact) mass is 257 g/mol. The Hall–Kier alpha value is -2.36. The molecular formula is C15H15NO3. The van der Waals surface area contributed by atoms with Crippen molar-refractivity contribution in [1.82, 2.24) is 4.57 Å². The van der Waals surface area contributed by atoms with Crippen LogP contribution in [-0.2, 0) is 11.2 Å². The Morgan fingerprint density at radius 3 is 2.58 bits per heavy atom. The summed E-state index contributed by atoms with van der Waals surface area (Å²) in [4.78, 5) is 22.4. The molecule has 0 fully saturated rings. The molecule has 0 spiro atoms.